The molecule has 0 spiro atoms. The Morgan fingerprint density at radius 1 is 1.25 bits per heavy atom. The van der Waals surface area contributed by atoms with E-state index in [0.29, 0.717) is 15.6 Å². The molecular formula is C8H7Cl2NO. The summed E-state index contributed by atoms with van der Waals surface area (Å²) in [5.41, 5.74) is 0.579. The molecule has 0 heterocycles. The lowest BCUT2D eigenvalue weighted by Gasteiger charge is -2.02. The van der Waals surface area contributed by atoms with E-state index in [-0.39, 0.29) is 5.90 Å². The van der Waals surface area contributed by atoms with Crippen LogP contribution in [0.15, 0.2) is 18.2 Å². The van der Waals surface area contributed by atoms with Crippen molar-refractivity contribution in [3.8, 4) is 0 Å². The summed E-state index contributed by atoms with van der Waals surface area (Å²) in [4.78, 5) is 0. The lowest BCUT2D eigenvalue weighted by Crippen LogP contribution is -2.00. The highest BCUT2D eigenvalue weighted by atomic mass is 35.5. The molecule has 0 aliphatic rings. The molecule has 0 aromatic heterocycles. The first kappa shape index (κ1) is 9.36. The SMILES string of the molecule is COC(=N)c1cc(Cl)cc(Cl)c1. The number of halogens is 2. The summed E-state index contributed by atoms with van der Waals surface area (Å²) in [5.74, 6) is 0.0550. The second kappa shape index (κ2) is 3.78. The molecule has 0 fully saturated rings. The van der Waals surface area contributed by atoms with Crippen molar-refractivity contribution in [2.75, 3.05) is 7.11 Å². The maximum atomic E-state index is 7.33. The van der Waals surface area contributed by atoms with Crippen molar-refractivity contribution < 1.29 is 4.74 Å². The zero-order valence-electron chi connectivity index (χ0n) is 6.40. The van der Waals surface area contributed by atoms with Gasteiger partial charge in [-0.3, -0.25) is 5.41 Å². The molecular weight excluding hydrogens is 197 g/mol. The highest BCUT2D eigenvalue weighted by Gasteiger charge is 2.03. The number of rotatable bonds is 1. The average molecular weight is 204 g/mol. The van der Waals surface area contributed by atoms with Crippen LogP contribution >= 0.6 is 23.2 Å². The number of ether oxygens (including phenoxy) is 1. The fourth-order valence-electron chi connectivity index (χ4n) is 0.803. The standard InChI is InChI=1S/C8H7Cl2NO/c1-12-8(11)5-2-6(9)4-7(10)3-5/h2-4,11H,1H3. The van der Waals surface area contributed by atoms with Crippen LogP contribution in [0.4, 0.5) is 0 Å². The second-order valence-electron chi connectivity index (χ2n) is 2.19. The summed E-state index contributed by atoms with van der Waals surface area (Å²) in [6.07, 6.45) is 0. The van der Waals surface area contributed by atoms with Crippen LogP contribution in [0.25, 0.3) is 0 Å². The lowest BCUT2D eigenvalue weighted by molar-refractivity contribution is 0.401. The van der Waals surface area contributed by atoms with Gasteiger partial charge in [0.1, 0.15) is 0 Å². The van der Waals surface area contributed by atoms with Crippen LogP contribution in [0, 0.1) is 5.41 Å². The average Bonchev–Trinajstić information content (AvgIpc) is 2.01. The molecule has 0 saturated heterocycles. The van der Waals surface area contributed by atoms with Crippen LogP contribution in [0.2, 0.25) is 10.0 Å². The fourth-order valence-corrected chi connectivity index (χ4v) is 1.33. The first-order valence-electron chi connectivity index (χ1n) is 3.22. The van der Waals surface area contributed by atoms with E-state index in [4.69, 9.17) is 33.3 Å². The first-order valence-corrected chi connectivity index (χ1v) is 3.98. The summed E-state index contributed by atoms with van der Waals surface area (Å²) < 4.78 is 4.71. The van der Waals surface area contributed by atoms with E-state index in [1.165, 1.54) is 7.11 Å². The van der Waals surface area contributed by atoms with Crippen molar-refractivity contribution in [3.05, 3.63) is 33.8 Å². The Labute approximate surface area is 80.6 Å². The third-order valence-electron chi connectivity index (χ3n) is 1.33. The van der Waals surface area contributed by atoms with Crippen LogP contribution in [0.3, 0.4) is 0 Å². The predicted octanol–water partition coefficient (Wildman–Crippen LogP) is 2.97. The molecule has 0 atom stereocenters. The maximum absolute atomic E-state index is 7.33. The molecule has 0 aliphatic carbocycles. The highest BCUT2D eigenvalue weighted by molar-refractivity contribution is 6.35. The zero-order valence-corrected chi connectivity index (χ0v) is 7.91. The van der Waals surface area contributed by atoms with E-state index in [2.05, 4.69) is 0 Å². The Balaban J connectivity index is 3.08. The molecule has 0 unspecified atom stereocenters. The van der Waals surface area contributed by atoms with Gasteiger partial charge in [0.05, 0.1) is 7.11 Å². The monoisotopic (exact) mass is 203 g/mol. The summed E-state index contributed by atoms with van der Waals surface area (Å²) in [6.45, 7) is 0. The molecule has 12 heavy (non-hydrogen) atoms. The molecule has 1 rings (SSSR count). The van der Waals surface area contributed by atoms with Crippen LogP contribution < -0.4 is 0 Å². The van der Waals surface area contributed by atoms with E-state index in [1.54, 1.807) is 18.2 Å². The molecule has 1 aromatic rings. The molecule has 1 N–H and O–H groups in total. The lowest BCUT2D eigenvalue weighted by atomic mass is 10.2. The molecule has 0 radical (unpaired) electrons. The third kappa shape index (κ3) is 2.13. The number of hydrogen-bond donors (Lipinski definition) is 1. The van der Waals surface area contributed by atoms with Gasteiger partial charge in [0.15, 0.2) is 0 Å². The minimum Gasteiger partial charge on any atom is -0.481 e. The summed E-state index contributed by atoms with van der Waals surface area (Å²) in [7, 11) is 1.43. The number of benzene rings is 1. The van der Waals surface area contributed by atoms with E-state index in [0.717, 1.165) is 0 Å². The topological polar surface area (TPSA) is 33.1 Å². The van der Waals surface area contributed by atoms with Crippen molar-refractivity contribution in [2.24, 2.45) is 0 Å². The van der Waals surface area contributed by atoms with Crippen LogP contribution in [-0.4, -0.2) is 13.0 Å². The summed E-state index contributed by atoms with van der Waals surface area (Å²) >= 11 is 11.4. The predicted molar refractivity (Wildman–Crippen MR) is 50.3 cm³/mol. The van der Waals surface area contributed by atoms with Gasteiger partial charge < -0.3 is 4.74 Å². The van der Waals surface area contributed by atoms with Gasteiger partial charge in [0.25, 0.3) is 0 Å². The van der Waals surface area contributed by atoms with Crippen LogP contribution in [-0.2, 0) is 4.74 Å². The molecule has 1 aromatic carbocycles. The molecule has 64 valence electrons. The molecule has 0 saturated carbocycles. The maximum Gasteiger partial charge on any atom is 0.213 e. The Kier molecular flexibility index (Phi) is 2.95. The van der Waals surface area contributed by atoms with Crippen molar-refractivity contribution in [2.45, 2.75) is 0 Å². The van der Waals surface area contributed by atoms with Gasteiger partial charge in [-0.15, -0.1) is 0 Å². The Morgan fingerprint density at radius 3 is 2.17 bits per heavy atom. The zero-order chi connectivity index (χ0) is 9.14. The van der Waals surface area contributed by atoms with Crippen molar-refractivity contribution in [3.63, 3.8) is 0 Å². The normalized spacial score (nSPS) is 9.58. The fraction of sp³-hybridized carbons (Fsp3) is 0.125. The number of nitrogens with one attached hydrogen (secondary N) is 1. The smallest absolute Gasteiger partial charge is 0.213 e. The van der Waals surface area contributed by atoms with Gasteiger partial charge >= 0.3 is 0 Å². The Hall–Kier alpha value is -0.730. The van der Waals surface area contributed by atoms with Gasteiger partial charge in [0, 0.05) is 15.6 Å². The van der Waals surface area contributed by atoms with Gasteiger partial charge in [0.2, 0.25) is 5.90 Å². The van der Waals surface area contributed by atoms with E-state index >= 15 is 0 Å². The largest absolute Gasteiger partial charge is 0.481 e. The second-order valence-corrected chi connectivity index (χ2v) is 3.06. The number of methoxy groups -OCH3 is 1. The van der Waals surface area contributed by atoms with Gasteiger partial charge in [-0.25, -0.2) is 0 Å². The molecule has 2 nitrogen and oxygen atoms in total. The molecule has 0 bridgehead atoms. The highest BCUT2D eigenvalue weighted by Crippen LogP contribution is 2.19. The summed E-state index contributed by atoms with van der Waals surface area (Å²) in [5, 5.41) is 8.33. The quantitative estimate of drug-likeness (QED) is 0.553. The summed E-state index contributed by atoms with van der Waals surface area (Å²) in [6, 6.07) is 4.86. The Morgan fingerprint density at radius 2 is 1.75 bits per heavy atom. The molecule has 4 heteroatoms. The molecule has 0 amide bonds. The van der Waals surface area contributed by atoms with E-state index < -0.39 is 0 Å². The minimum atomic E-state index is 0.0550. The molecule has 0 aliphatic heterocycles. The van der Waals surface area contributed by atoms with E-state index in [9.17, 15) is 0 Å². The van der Waals surface area contributed by atoms with Crippen molar-refractivity contribution in [1.82, 2.24) is 0 Å². The first-order chi connectivity index (χ1) is 5.63. The third-order valence-corrected chi connectivity index (χ3v) is 1.77. The van der Waals surface area contributed by atoms with Crippen LogP contribution in [0.1, 0.15) is 5.56 Å². The van der Waals surface area contributed by atoms with Crippen LogP contribution in [0.5, 0.6) is 0 Å². The van der Waals surface area contributed by atoms with E-state index in [1.807, 2.05) is 0 Å². The van der Waals surface area contributed by atoms with Crippen molar-refractivity contribution >= 4 is 29.1 Å². The van der Waals surface area contributed by atoms with Gasteiger partial charge in [-0.2, -0.15) is 0 Å². The van der Waals surface area contributed by atoms with Gasteiger partial charge in [-0.05, 0) is 18.2 Å². The Bertz CT molecular complexity index is 292. The van der Waals surface area contributed by atoms with Crippen molar-refractivity contribution in [1.29, 1.82) is 5.41 Å². The minimum absolute atomic E-state index is 0.0550. The van der Waals surface area contributed by atoms with Gasteiger partial charge in [-0.1, -0.05) is 23.2 Å². The number of hydrogen-bond acceptors (Lipinski definition) is 2.